The summed E-state index contributed by atoms with van der Waals surface area (Å²) in [4.78, 5) is 34.8. The molecule has 1 aliphatic rings. The molecule has 9 nitrogen and oxygen atoms in total. The lowest BCUT2D eigenvalue weighted by molar-refractivity contribution is 0.0788. The van der Waals surface area contributed by atoms with Gasteiger partial charge in [-0.2, -0.15) is 0 Å². The van der Waals surface area contributed by atoms with Crippen molar-refractivity contribution in [2.24, 2.45) is 0 Å². The van der Waals surface area contributed by atoms with Gasteiger partial charge >= 0.3 is 6.03 Å². The number of thiophene rings is 1. The number of benzene rings is 1. The smallest absolute Gasteiger partial charge is 0.326 e. The predicted molar refractivity (Wildman–Crippen MR) is 140 cm³/mol. The van der Waals surface area contributed by atoms with Crippen LogP contribution in [0.4, 0.5) is 4.79 Å². The molecule has 36 heavy (non-hydrogen) atoms. The van der Waals surface area contributed by atoms with E-state index in [4.69, 9.17) is 9.84 Å². The number of aliphatic hydroxyl groups is 1. The number of hydrogen-bond acceptors (Lipinski definition) is 7. The molecule has 1 aromatic carbocycles. The Labute approximate surface area is 212 Å². The molecule has 2 N–H and O–H groups in total. The summed E-state index contributed by atoms with van der Waals surface area (Å²) in [6.07, 6.45) is 2.66. The van der Waals surface area contributed by atoms with Crippen LogP contribution in [0.5, 0.6) is 11.5 Å². The second-order valence-electron chi connectivity index (χ2n) is 9.19. The molecule has 3 aromatic heterocycles. The number of nitrogens with zero attached hydrogens (tertiary/aromatic N) is 4. The van der Waals surface area contributed by atoms with Crippen LogP contribution in [0.3, 0.4) is 0 Å². The summed E-state index contributed by atoms with van der Waals surface area (Å²) in [6, 6.07) is 11.2. The average molecular weight is 508 g/mol. The topological polar surface area (TPSA) is 99.9 Å². The van der Waals surface area contributed by atoms with Crippen molar-refractivity contribution in [2.75, 3.05) is 40.3 Å². The van der Waals surface area contributed by atoms with E-state index in [2.05, 4.69) is 15.2 Å². The number of pyridine rings is 1. The maximum Gasteiger partial charge on any atom is 0.326 e. The number of ether oxygens (including phenoxy) is 1. The van der Waals surface area contributed by atoms with Crippen LogP contribution in [0.1, 0.15) is 21.8 Å². The molecular formula is C26H29N5O4S. The van der Waals surface area contributed by atoms with Gasteiger partial charge in [0.15, 0.2) is 0 Å². The second-order valence-corrected chi connectivity index (χ2v) is 10.2. The first kappa shape index (κ1) is 24.2. The fourth-order valence-corrected chi connectivity index (χ4v) is 5.67. The number of rotatable bonds is 6. The van der Waals surface area contributed by atoms with Crippen LogP contribution in [0.2, 0.25) is 0 Å². The van der Waals surface area contributed by atoms with Gasteiger partial charge in [0.1, 0.15) is 11.5 Å². The van der Waals surface area contributed by atoms with E-state index >= 15 is 0 Å². The van der Waals surface area contributed by atoms with Crippen molar-refractivity contribution in [1.29, 1.82) is 0 Å². The number of fused-ring (bicyclic) bond motifs is 2. The minimum Gasteiger partial charge on any atom is -0.456 e. The first-order valence-corrected chi connectivity index (χ1v) is 12.7. The highest BCUT2D eigenvalue weighted by Gasteiger charge is 2.29. The van der Waals surface area contributed by atoms with Gasteiger partial charge in [0.25, 0.3) is 5.91 Å². The summed E-state index contributed by atoms with van der Waals surface area (Å²) in [5.74, 6) is 1.29. The Balaban J connectivity index is 1.39. The first-order chi connectivity index (χ1) is 17.4. The van der Waals surface area contributed by atoms with E-state index < -0.39 is 0 Å². The van der Waals surface area contributed by atoms with Gasteiger partial charge in [0.05, 0.1) is 27.2 Å². The zero-order valence-electron chi connectivity index (χ0n) is 20.5. The second kappa shape index (κ2) is 9.88. The van der Waals surface area contributed by atoms with Crippen LogP contribution in [-0.4, -0.2) is 82.8 Å². The SMILES string of the molecule is Cc1cc2cc(Oc3ccnc4cc(C(=O)N5CCC(N(C)C)C5)sc34)ccc2n1C(=O)NCCO. The maximum atomic E-state index is 13.2. The van der Waals surface area contributed by atoms with Crippen molar-refractivity contribution in [2.45, 2.75) is 19.4 Å². The van der Waals surface area contributed by atoms with Gasteiger partial charge in [0, 0.05) is 49.0 Å². The summed E-state index contributed by atoms with van der Waals surface area (Å²) < 4.78 is 8.64. The Morgan fingerprint density at radius 3 is 2.83 bits per heavy atom. The minimum absolute atomic E-state index is 0.0333. The molecule has 1 unspecified atom stereocenters. The molecule has 0 spiro atoms. The lowest BCUT2D eigenvalue weighted by atomic mass is 10.2. The third kappa shape index (κ3) is 4.55. The van der Waals surface area contributed by atoms with Crippen molar-refractivity contribution in [3.63, 3.8) is 0 Å². The number of aryl methyl sites for hydroxylation is 1. The highest BCUT2D eigenvalue weighted by atomic mass is 32.1. The number of likely N-dealkylation sites (tertiary alicyclic amines) is 1. The third-order valence-corrected chi connectivity index (χ3v) is 7.67. The van der Waals surface area contributed by atoms with Crippen LogP contribution in [0.25, 0.3) is 21.1 Å². The molecule has 0 radical (unpaired) electrons. The molecule has 2 amide bonds. The Hall–Kier alpha value is -3.47. The van der Waals surface area contributed by atoms with E-state index in [0.29, 0.717) is 22.4 Å². The lowest BCUT2D eigenvalue weighted by Gasteiger charge is -2.19. The molecule has 4 heterocycles. The van der Waals surface area contributed by atoms with Gasteiger partial charge in [-0.1, -0.05) is 0 Å². The van der Waals surface area contributed by atoms with E-state index in [1.807, 2.05) is 56.3 Å². The molecule has 1 saturated heterocycles. The van der Waals surface area contributed by atoms with Crippen LogP contribution < -0.4 is 10.1 Å². The maximum absolute atomic E-state index is 13.2. The minimum atomic E-state index is -0.285. The molecular weight excluding hydrogens is 478 g/mol. The van der Waals surface area contributed by atoms with Crippen molar-refractivity contribution in [1.82, 2.24) is 24.7 Å². The van der Waals surface area contributed by atoms with Gasteiger partial charge < -0.3 is 25.0 Å². The Bertz CT molecular complexity index is 1440. The van der Waals surface area contributed by atoms with Crippen molar-refractivity contribution in [3.05, 3.63) is 53.2 Å². The van der Waals surface area contributed by atoms with E-state index in [0.717, 1.165) is 46.3 Å². The monoisotopic (exact) mass is 507 g/mol. The Morgan fingerprint density at radius 1 is 1.25 bits per heavy atom. The molecule has 0 aliphatic carbocycles. The largest absolute Gasteiger partial charge is 0.456 e. The van der Waals surface area contributed by atoms with E-state index in [1.54, 1.807) is 16.8 Å². The molecule has 5 rings (SSSR count). The third-order valence-electron chi connectivity index (χ3n) is 6.54. The summed E-state index contributed by atoms with van der Waals surface area (Å²) in [5, 5.41) is 12.5. The van der Waals surface area contributed by atoms with Crippen molar-refractivity contribution < 1.29 is 19.4 Å². The number of carbonyl (C=O) groups is 2. The number of nitrogens with one attached hydrogen (secondary N) is 1. The van der Waals surface area contributed by atoms with E-state index in [9.17, 15) is 9.59 Å². The van der Waals surface area contributed by atoms with E-state index in [1.165, 1.54) is 11.3 Å². The zero-order valence-corrected chi connectivity index (χ0v) is 21.3. The van der Waals surface area contributed by atoms with Gasteiger partial charge in [0.2, 0.25) is 0 Å². The van der Waals surface area contributed by atoms with Gasteiger partial charge in [-0.05, 0) is 57.8 Å². The number of hydrogen-bond donors (Lipinski definition) is 2. The Kier molecular flexibility index (Phi) is 6.65. The molecule has 188 valence electrons. The number of aliphatic hydroxyl groups excluding tert-OH is 1. The quantitative estimate of drug-likeness (QED) is 0.413. The van der Waals surface area contributed by atoms with Crippen molar-refractivity contribution in [3.8, 4) is 11.5 Å². The highest BCUT2D eigenvalue weighted by molar-refractivity contribution is 7.21. The predicted octanol–water partition coefficient (Wildman–Crippen LogP) is 3.68. The standard InChI is InChI=1S/C26H29N5O4S/c1-16-12-17-13-19(4-5-21(17)31(16)26(34)28-9-11-32)35-22-6-8-27-20-14-23(36-24(20)22)25(33)30-10-7-18(15-30)29(2)3/h4-6,8,12-14,18,32H,7,9-11,15H2,1-3H3,(H,28,34). The lowest BCUT2D eigenvalue weighted by Crippen LogP contribution is -2.34. The molecule has 10 heteroatoms. The number of likely N-dealkylation sites (N-methyl/N-ethyl adjacent to an activating group) is 1. The molecule has 1 aliphatic heterocycles. The number of amides is 2. The van der Waals surface area contributed by atoms with Crippen LogP contribution >= 0.6 is 11.3 Å². The number of carbonyl (C=O) groups excluding carboxylic acids is 2. The van der Waals surface area contributed by atoms with Gasteiger partial charge in [-0.3, -0.25) is 14.3 Å². The highest BCUT2D eigenvalue weighted by Crippen LogP contribution is 2.36. The normalized spacial score (nSPS) is 15.8. The van der Waals surface area contributed by atoms with E-state index in [-0.39, 0.29) is 25.1 Å². The first-order valence-electron chi connectivity index (χ1n) is 11.9. The summed E-state index contributed by atoms with van der Waals surface area (Å²) in [5.41, 5.74) is 2.26. The summed E-state index contributed by atoms with van der Waals surface area (Å²) in [7, 11) is 4.09. The molecule has 4 aromatic rings. The average Bonchev–Trinajstić information content (AvgIpc) is 3.58. The zero-order chi connectivity index (χ0) is 25.4. The molecule has 1 fully saturated rings. The van der Waals surface area contributed by atoms with Gasteiger partial charge in [-0.25, -0.2) is 4.79 Å². The van der Waals surface area contributed by atoms with Crippen molar-refractivity contribution >= 4 is 44.4 Å². The van der Waals surface area contributed by atoms with Crippen LogP contribution in [0.15, 0.2) is 42.6 Å². The fourth-order valence-electron chi connectivity index (χ4n) is 4.64. The van der Waals surface area contributed by atoms with Crippen LogP contribution in [0, 0.1) is 6.92 Å². The van der Waals surface area contributed by atoms with Crippen LogP contribution in [-0.2, 0) is 0 Å². The molecule has 1 atom stereocenters. The fraction of sp³-hybridized carbons (Fsp3) is 0.346. The van der Waals surface area contributed by atoms with Gasteiger partial charge in [-0.15, -0.1) is 11.3 Å². The molecule has 0 saturated carbocycles. The molecule has 0 bridgehead atoms. The number of aromatic nitrogens is 2. The summed E-state index contributed by atoms with van der Waals surface area (Å²) >= 11 is 1.40. The summed E-state index contributed by atoms with van der Waals surface area (Å²) in [6.45, 7) is 3.41. The Morgan fingerprint density at radius 2 is 2.08 bits per heavy atom.